The summed E-state index contributed by atoms with van der Waals surface area (Å²) in [7, 11) is 1.61. The molecule has 2 aliphatic heterocycles. The van der Waals surface area contributed by atoms with Crippen LogP contribution < -0.4 is 10.2 Å². The Bertz CT molecular complexity index is 627. The highest BCUT2D eigenvalue weighted by Gasteiger charge is 2.37. The number of fused-ring (bicyclic) bond motifs is 1. The molecule has 1 aromatic carbocycles. The van der Waals surface area contributed by atoms with Crippen LogP contribution in [0.15, 0.2) is 35.3 Å². The number of carbonyl (C=O) groups is 1. The summed E-state index contributed by atoms with van der Waals surface area (Å²) in [6.45, 7) is 0.689. The lowest BCUT2D eigenvalue weighted by atomic mass is 10.1. The molecule has 2 N–H and O–H groups in total. The molecule has 1 saturated heterocycles. The van der Waals surface area contributed by atoms with Crippen LogP contribution >= 0.6 is 15.9 Å². The van der Waals surface area contributed by atoms with Crippen molar-refractivity contribution in [3.05, 3.63) is 35.9 Å². The molecule has 2 atom stereocenters. The van der Waals surface area contributed by atoms with Gasteiger partial charge in [0.1, 0.15) is 17.6 Å². The normalized spacial score (nSPS) is 24.2. The van der Waals surface area contributed by atoms with E-state index < -0.39 is 5.97 Å². The van der Waals surface area contributed by atoms with Crippen molar-refractivity contribution in [3.63, 3.8) is 0 Å². The Kier molecular flexibility index (Phi) is 3.69. The van der Waals surface area contributed by atoms with Crippen molar-refractivity contribution in [1.82, 2.24) is 10.4 Å². The maximum Gasteiger partial charge on any atom is 0.354 e. The fraction of sp³-hybridized carbons (Fsp3) is 0.286. The molecule has 7 heteroatoms. The first-order valence-electron chi connectivity index (χ1n) is 6.44. The molecule has 0 radical (unpaired) electrons. The van der Waals surface area contributed by atoms with Gasteiger partial charge in [0.25, 0.3) is 0 Å². The minimum absolute atomic E-state index is 0.0637. The first kappa shape index (κ1) is 14.1. The predicted molar refractivity (Wildman–Crippen MR) is 82.4 cm³/mol. The minimum Gasteiger partial charge on any atom is -0.497 e. The van der Waals surface area contributed by atoms with E-state index in [0.717, 1.165) is 17.0 Å². The number of methoxy groups -OCH3 is 1. The molecule has 2 unspecified atom stereocenters. The standard InChI is InChI=1S/C14H14BrN3O3/c1-21-9-4-2-8(3-5-9)12-6-11(14(19)20)17-13-10(15)7-16-18(12)13/h2-6,10,13,16H,7H2,1H3,(H,19,20). The monoisotopic (exact) mass is 351 g/mol. The van der Waals surface area contributed by atoms with Crippen LogP contribution in [0.3, 0.4) is 0 Å². The molecule has 2 heterocycles. The predicted octanol–water partition coefficient (Wildman–Crippen LogP) is 1.49. The number of hydrogen-bond donors (Lipinski definition) is 2. The number of alkyl halides is 1. The zero-order valence-corrected chi connectivity index (χ0v) is 12.9. The highest BCUT2D eigenvalue weighted by molar-refractivity contribution is 9.09. The number of hydrogen-bond acceptors (Lipinski definition) is 5. The largest absolute Gasteiger partial charge is 0.497 e. The lowest BCUT2D eigenvalue weighted by Gasteiger charge is -2.30. The number of carboxylic acid groups (broad SMARTS) is 1. The first-order chi connectivity index (χ1) is 10.1. The number of halogens is 1. The molecule has 21 heavy (non-hydrogen) atoms. The van der Waals surface area contributed by atoms with Crippen molar-refractivity contribution < 1.29 is 14.6 Å². The smallest absolute Gasteiger partial charge is 0.354 e. The van der Waals surface area contributed by atoms with Crippen LogP contribution in [0.1, 0.15) is 5.56 Å². The maximum absolute atomic E-state index is 11.3. The molecule has 0 aromatic heterocycles. The summed E-state index contributed by atoms with van der Waals surface area (Å²) in [5.41, 5.74) is 4.99. The minimum atomic E-state index is -1.02. The zero-order chi connectivity index (χ0) is 15.0. The summed E-state index contributed by atoms with van der Waals surface area (Å²) < 4.78 is 5.15. The van der Waals surface area contributed by atoms with Gasteiger partial charge in [-0.25, -0.2) is 10.2 Å². The average Bonchev–Trinajstić information content (AvgIpc) is 2.88. The molecular weight excluding hydrogens is 338 g/mol. The number of hydrazine groups is 1. The Hall–Kier alpha value is -1.86. The molecule has 0 saturated carbocycles. The molecular formula is C14H14BrN3O3. The Morgan fingerprint density at radius 3 is 2.81 bits per heavy atom. The van der Waals surface area contributed by atoms with Crippen LogP contribution in [0.2, 0.25) is 0 Å². The van der Waals surface area contributed by atoms with E-state index in [0.29, 0.717) is 6.54 Å². The zero-order valence-electron chi connectivity index (χ0n) is 11.3. The number of rotatable bonds is 3. The summed E-state index contributed by atoms with van der Waals surface area (Å²) in [4.78, 5) is 15.6. The van der Waals surface area contributed by atoms with E-state index in [1.807, 2.05) is 29.3 Å². The van der Waals surface area contributed by atoms with Crippen LogP contribution in [-0.2, 0) is 4.79 Å². The highest BCUT2D eigenvalue weighted by Crippen LogP contribution is 2.31. The van der Waals surface area contributed by atoms with E-state index in [4.69, 9.17) is 4.74 Å². The van der Waals surface area contributed by atoms with E-state index in [9.17, 15) is 9.90 Å². The van der Waals surface area contributed by atoms with Crippen molar-refractivity contribution in [3.8, 4) is 5.75 Å². The highest BCUT2D eigenvalue weighted by atomic mass is 79.9. The lowest BCUT2D eigenvalue weighted by Crippen LogP contribution is -2.40. The van der Waals surface area contributed by atoms with Crippen molar-refractivity contribution >= 4 is 33.3 Å². The summed E-state index contributed by atoms with van der Waals surface area (Å²) in [6, 6.07) is 7.49. The number of ether oxygens (including phenoxy) is 1. The summed E-state index contributed by atoms with van der Waals surface area (Å²) in [5.74, 6) is -0.265. The van der Waals surface area contributed by atoms with E-state index in [2.05, 4.69) is 26.3 Å². The second-order valence-corrected chi connectivity index (χ2v) is 5.92. The van der Waals surface area contributed by atoms with E-state index in [-0.39, 0.29) is 16.7 Å². The van der Waals surface area contributed by atoms with Gasteiger partial charge in [-0.2, -0.15) is 0 Å². The first-order valence-corrected chi connectivity index (χ1v) is 7.36. The van der Waals surface area contributed by atoms with Gasteiger partial charge in [0.05, 0.1) is 17.6 Å². The van der Waals surface area contributed by atoms with Gasteiger partial charge in [-0.3, -0.25) is 10.0 Å². The average molecular weight is 352 g/mol. The van der Waals surface area contributed by atoms with Crippen LogP contribution in [0, 0.1) is 0 Å². The number of nitrogens with one attached hydrogen (secondary N) is 1. The molecule has 2 aliphatic rings. The van der Waals surface area contributed by atoms with Crippen molar-refractivity contribution in [1.29, 1.82) is 0 Å². The number of benzene rings is 1. The maximum atomic E-state index is 11.3. The van der Waals surface area contributed by atoms with Gasteiger partial charge < -0.3 is 9.84 Å². The Balaban J connectivity index is 2.01. The van der Waals surface area contributed by atoms with Crippen molar-refractivity contribution in [2.45, 2.75) is 11.0 Å². The molecule has 0 amide bonds. The number of aliphatic carboxylic acids is 1. The fourth-order valence-corrected chi connectivity index (χ4v) is 2.89. The molecule has 1 aromatic rings. The third-order valence-electron chi connectivity index (χ3n) is 3.45. The quantitative estimate of drug-likeness (QED) is 0.807. The second kappa shape index (κ2) is 5.50. The van der Waals surface area contributed by atoms with E-state index in [1.165, 1.54) is 0 Å². The fourth-order valence-electron chi connectivity index (χ4n) is 2.39. The molecule has 0 bridgehead atoms. The van der Waals surface area contributed by atoms with Crippen LogP contribution in [-0.4, -0.2) is 46.4 Å². The summed E-state index contributed by atoms with van der Waals surface area (Å²) >= 11 is 3.53. The lowest BCUT2D eigenvalue weighted by molar-refractivity contribution is -0.129. The molecule has 0 aliphatic carbocycles. The SMILES string of the molecule is COc1ccc(C2=CC(C(=O)O)=NC3C(Br)CNN23)cc1. The number of nitrogens with zero attached hydrogens (tertiary/aromatic N) is 2. The number of carboxylic acids is 1. The van der Waals surface area contributed by atoms with Gasteiger partial charge in [0.15, 0.2) is 0 Å². The van der Waals surface area contributed by atoms with Crippen LogP contribution in [0.25, 0.3) is 5.70 Å². The van der Waals surface area contributed by atoms with Gasteiger partial charge >= 0.3 is 5.97 Å². The van der Waals surface area contributed by atoms with E-state index in [1.54, 1.807) is 13.2 Å². The van der Waals surface area contributed by atoms with Gasteiger partial charge in [0, 0.05) is 6.54 Å². The molecule has 1 fully saturated rings. The van der Waals surface area contributed by atoms with Gasteiger partial charge in [-0.05, 0) is 35.9 Å². The third-order valence-corrected chi connectivity index (χ3v) is 4.25. The molecule has 110 valence electrons. The van der Waals surface area contributed by atoms with Crippen molar-refractivity contribution in [2.24, 2.45) is 4.99 Å². The van der Waals surface area contributed by atoms with Gasteiger partial charge in [-0.1, -0.05) is 15.9 Å². The third kappa shape index (κ3) is 2.54. The molecule has 0 spiro atoms. The van der Waals surface area contributed by atoms with Gasteiger partial charge in [0.2, 0.25) is 0 Å². The number of aliphatic imine (C=N–C) groups is 1. The molecule has 3 rings (SSSR count). The summed E-state index contributed by atoms with van der Waals surface area (Å²) in [5, 5.41) is 11.1. The topological polar surface area (TPSA) is 74.2 Å². The van der Waals surface area contributed by atoms with Crippen molar-refractivity contribution in [2.75, 3.05) is 13.7 Å². The molecule has 6 nitrogen and oxygen atoms in total. The van der Waals surface area contributed by atoms with Gasteiger partial charge in [-0.15, -0.1) is 0 Å². The summed E-state index contributed by atoms with van der Waals surface area (Å²) in [6.07, 6.45) is 1.32. The van der Waals surface area contributed by atoms with E-state index >= 15 is 0 Å². The van der Waals surface area contributed by atoms with Crippen LogP contribution in [0.5, 0.6) is 5.75 Å². The second-order valence-electron chi connectivity index (χ2n) is 4.74. The van der Waals surface area contributed by atoms with Crippen LogP contribution in [0.4, 0.5) is 0 Å². The Morgan fingerprint density at radius 1 is 1.48 bits per heavy atom. The Morgan fingerprint density at radius 2 is 2.19 bits per heavy atom. The Labute approximate surface area is 130 Å².